The first-order valence-electron chi connectivity index (χ1n) is 3.61. The molecule has 1 aromatic carbocycles. The molecule has 0 saturated carbocycles. The van der Waals surface area contributed by atoms with Crippen molar-refractivity contribution in [2.75, 3.05) is 0 Å². The van der Waals surface area contributed by atoms with Crippen LogP contribution in [0.3, 0.4) is 0 Å². The lowest BCUT2D eigenvalue weighted by Gasteiger charge is -1.99. The van der Waals surface area contributed by atoms with Crippen LogP contribution < -0.4 is 0 Å². The third kappa shape index (κ3) is 1.63. The molecule has 0 N–H and O–H groups in total. The van der Waals surface area contributed by atoms with E-state index in [0.717, 1.165) is 17.2 Å². The highest BCUT2D eigenvalue weighted by Crippen LogP contribution is 2.37. The van der Waals surface area contributed by atoms with Gasteiger partial charge in [-0.3, -0.25) is 10.1 Å². The average Bonchev–Trinajstić information content (AvgIpc) is 2.52. The van der Waals surface area contributed by atoms with Crippen LogP contribution in [0.1, 0.15) is 0 Å². The van der Waals surface area contributed by atoms with E-state index < -0.39 is 0 Å². The van der Waals surface area contributed by atoms with Gasteiger partial charge in [-0.25, -0.2) is 0 Å². The molecule has 6 heteroatoms. The molecular formula is C8H3I2NO2S. The van der Waals surface area contributed by atoms with Crippen LogP contribution in [0, 0.1) is 17.3 Å². The van der Waals surface area contributed by atoms with Gasteiger partial charge in [0.25, 0.3) is 0 Å². The Labute approximate surface area is 111 Å². The first-order chi connectivity index (χ1) is 6.61. The summed E-state index contributed by atoms with van der Waals surface area (Å²) in [5, 5.41) is 13.7. The molecule has 0 saturated heterocycles. The minimum Gasteiger partial charge on any atom is -0.258 e. The zero-order valence-corrected chi connectivity index (χ0v) is 11.8. The zero-order valence-electron chi connectivity index (χ0n) is 6.66. The molecule has 0 bridgehead atoms. The highest BCUT2D eigenvalue weighted by molar-refractivity contribution is 14.1. The van der Waals surface area contributed by atoms with Crippen LogP contribution in [0.2, 0.25) is 0 Å². The number of rotatable bonds is 1. The van der Waals surface area contributed by atoms with Gasteiger partial charge in [0.05, 0.1) is 4.92 Å². The van der Waals surface area contributed by atoms with Gasteiger partial charge in [0.1, 0.15) is 8.27 Å². The summed E-state index contributed by atoms with van der Waals surface area (Å²) in [5.41, 5.74) is 0.238. The third-order valence-corrected chi connectivity index (χ3v) is 5.70. The Morgan fingerprint density at radius 3 is 2.79 bits per heavy atom. The molecule has 0 fully saturated rings. The largest absolute Gasteiger partial charge is 0.301 e. The lowest BCUT2D eigenvalue weighted by molar-refractivity contribution is -0.383. The molecule has 2 aromatic rings. The maximum atomic E-state index is 10.9. The Hall–Kier alpha value is 0.0400. The van der Waals surface area contributed by atoms with Crippen LogP contribution in [0.15, 0.2) is 17.5 Å². The number of benzene rings is 1. The van der Waals surface area contributed by atoms with E-state index in [9.17, 15) is 10.1 Å². The number of hydrogen-bond acceptors (Lipinski definition) is 3. The van der Waals surface area contributed by atoms with E-state index >= 15 is 0 Å². The zero-order chi connectivity index (χ0) is 10.3. The van der Waals surface area contributed by atoms with Crippen LogP contribution >= 0.6 is 56.5 Å². The predicted molar refractivity (Wildman–Crippen MR) is 73.9 cm³/mol. The summed E-state index contributed by atoms with van der Waals surface area (Å²) in [5.74, 6) is 0. The minimum absolute atomic E-state index is 0.238. The molecular weight excluding hydrogens is 428 g/mol. The number of fused-ring (bicyclic) bond motifs is 1. The Morgan fingerprint density at radius 2 is 2.14 bits per heavy atom. The fourth-order valence-electron chi connectivity index (χ4n) is 1.20. The molecule has 72 valence electrons. The molecule has 0 aliphatic carbocycles. The molecule has 1 aromatic heterocycles. The first-order valence-corrected chi connectivity index (χ1v) is 6.64. The quantitative estimate of drug-likeness (QED) is 0.389. The van der Waals surface area contributed by atoms with Crippen molar-refractivity contribution in [3.63, 3.8) is 0 Å². The fourth-order valence-corrected chi connectivity index (χ4v) is 3.50. The summed E-state index contributed by atoms with van der Waals surface area (Å²) < 4.78 is 2.42. The van der Waals surface area contributed by atoms with Crippen molar-refractivity contribution in [2.24, 2.45) is 0 Å². The van der Waals surface area contributed by atoms with Gasteiger partial charge in [0, 0.05) is 8.96 Å². The summed E-state index contributed by atoms with van der Waals surface area (Å²) in [6.07, 6.45) is 0. The van der Waals surface area contributed by atoms with Crippen molar-refractivity contribution in [1.82, 2.24) is 0 Å². The van der Waals surface area contributed by atoms with E-state index in [1.54, 1.807) is 0 Å². The van der Waals surface area contributed by atoms with Gasteiger partial charge in [0.2, 0.25) is 0 Å². The second-order valence-corrected chi connectivity index (χ2v) is 5.77. The molecule has 0 amide bonds. The second kappa shape index (κ2) is 3.89. The van der Waals surface area contributed by atoms with Gasteiger partial charge in [-0.1, -0.05) is 0 Å². The number of hydrogen-bond donors (Lipinski definition) is 0. The maximum Gasteiger partial charge on any atom is 0.301 e. The van der Waals surface area contributed by atoms with Crippen molar-refractivity contribution < 1.29 is 4.92 Å². The van der Waals surface area contributed by atoms with Crippen molar-refractivity contribution in [3.8, 4) is 0 Å². The lowest BCUT2D eigenvalue weighted by atomic mass is 10.2. The predicted octanol–water partition coefficient (Wildman–Crippen LogP) is 4.02. The van der Waals surface area contributed by atoms with Crippen LogP contribution in [0.4, 0.5) is 5.69 Å². The summed E-state index contributed by atoms with van der Waals surface area (Å²) in [4.78, 5) is 10.6. The summed E-state index contributed by atoms with van der Waals surface area (Å²) in [7, 11) is 0. The summed E-state index contributed by atoms with van der Waals surface area (Å²) in [6.45, 7) is 0. The highest BCUT2D eigenvalue weighted by atomic mass is 127. The van der Waals surface area contributed by atoms with Crippen molar-refractivity contribution in [1.29, 1.82) is 0 Å². The number of nitro benzene ring substituents is 1. The SMILES string of the molecule is O=[N+]([O-])c1c(I)c(I)cc2ccsc12. The van der Waals surface area contributed by atoms with Gasteiger partial charge in [0.15, 0.2) is 0 Å². The Balaban J connectivity index is 2.93. The molecule has 0 aliphatic heterocycles. The molecule has 0 radical (unpaired) electrons. The molecule has 0 aliphatic rings. The molecule has 1 heterocycles. The Bertz CT molecular complexity index is 523. The number of nitro groups is 1. The second-order valence-electron chi connectivity index (χ2n) is 2.62. The fraction of sp³-hybridized carbons (Fsp3) is 0. The number of nitrogens with zero attached hydrogens (tertiary/aromatic N) is 1. The van der Waals surface area contributed by atoms with E-state index in [-0.39, 0.29) is 10.6 Å². The van der Waals surface area contributed by atoms with Crippen molar-refractivity contribution in [2.45, 2.75) is 0 Å². The normalized spacial score (nSPS) is 10.7. The topological polar surface area (TPSA) is 43.1 Å². The van der Waals surface area contributed by atoms with E-state index in [1.807, 2.05) is 40.1 Å². The minimum atomic E-state index is -0.303. The van der Waals surface area contributed by atoms with Gasteiger partial charge in [-0.05, 0) is 62.7 Å². The van der Waals surface area contributed by atoms with E-state index in [4.69, 9.17) is 0 Å². The van der Waals surface area contributed by atoms with Crippen molar-refractivity contribution in [3.05, 3.63) is 34.8 Å². The van der Waals surface area contributed by atoms with Crippen LogP contribution in [-0.2, 0) is 0 Å². The van der Waals surface area contributed by atoms with Gasteiger partial charge in [-0.2, -0.15) is 0 Å². The summed E-state index contributed by atoms with van der Waals surface area (Å²) in [6, 6.07) is 3.88. The van der Waals surface area contributed by atoms with Gasteiger partial charge in [-0.15, -0.1) is 11.3 Å². The van der Waals surface area contributed by atoms with Gasteiger partial charge >= 0.3 is 5.69 Å². The third-order valence-electron chi connectivity index (χ3n) is 1.79. The van der Waals surface area contributed by atoms with Crippen molar-refractivity contribution >= 4 is 72.3 Å². The van der Waals surface area contributed by atoms with Crippen LogP contribution in [0.25, 0.3) is 10.1 Å². The average molecular weight is 431 g/mol. The lowest BCUT2D eigenvalue weighted by Crippen LogP contribution is -1.93. The summed E-state index contributed by atoms with van der Waals surface area (Å²) >= 11 is 5.56. The monoisotopic (exact) mass is 431 g/mol. The first kappa shape index (κ1) is 10.6. The number of thiophene rings is 1. The number of halogens is 2. The molecule has 0 unspecified atom stereocenters. The molecule has 2 rings (SSSR count). The van der Waals surface area contributed by atoms with Crippen LogP contribution in [0.5, 0.6) is 0 Å². The Morgan fingerprint density at radius 1 is 1.43 bits per heavy atom. The van der Waals surface area contributed by atoms with E-state index in [1.165, 1.54) is 11.3 Å². The smallest absolute Gasteiger partial charge is 0.258 e. The maximum absolute atomic E-state index is 10.9. The molecule has 0 atom stereocenters. The molecule has 14 heavy (non-hydrogen) atoms. The Kier molecular flexibility index (Phi) is 2.93. The van der Waals surface area contributed by atoms with E-state index in [2.05, 4.69) is 22.6 Å². The standard InChI is InChI=1S/C8H3I2NO2S/c9-5-3-4-1-2-14-8(4)7(6(5)10)11(12)13/h1-3H. The van der Waals surface area contributed by atoms with Gasteiger partial charge < -0.3 is 0 Å². The molecule has 3 nitrogen and oxygen atoms in total. The highest BCUT2D eigenvalue weighted by Gasteiger charge is 2.20. The van der Waals surface area contributed by atoms with Crippen LogP contribution in [-0.4, -0.2) is 4.92 Å². The van der Waals surface area contributed by atoms with E-state index in [0.29, 0.717) is 0 Å². The molecule has 0 spiro atoms.